The molecule has 0 fully saturated rings. The lowest BCUT2D eigenvalue weighted by molar-refractivity contribution is -0.144. The first-order chi connectivity index (χ1) is 10.8. The summed E-state index contributed by atoms with van der Waals surface area (Å²) in [5, 5.41) is 0. The standard InChI is InChI=1S/C15H17F3N2O3/c1-19(10-15(16,17)18)6-8-23-9-7-20-13(21)11-4-2-3-5-12(11)14(20)22/h2-5H,6-10H2,1H3. The molecule has 2 rings (SSSR count). The van der Waals surface area contributed by atoms with Crippen molar-refractivity contribution in [3.63, 3.8) is 0 Å². The number of halogens is 3. The maximum Gasteiger partial charge on any atom is 0.401 e. The van der Waals surface area contributed by atoms with Crippen LogP contribution in [0, 0.1) is 0 Å². The largest absolute Gasteiger partial charge is 0.401 e. The molecule has 5 nitrogen and oxygen atoms in total. The van der Waals surface area contributed by atoms with E-state index in [0.29, 0.717) is 11.1 Å². The smallest absolute Gasteiger partial charge is 0.378 e. The lowest BCUT2D eigenvalue weighted by Gasteiger charge is -2.19. The Bertz CT molecular complexity index is 555. The lowest BCUT2D eigenvalue weighted by atomic mass is 10.1. The van der Waals surface area contributed by atoms with Crippen LogP contribution in [0.4, 0.5) is 13.2 Å². The van der Waals surface area contributed by atoms with E-state index in [2.05, 4.69) is 0 Å². The third-order valence-electron chi connectivity index (χ3n) is 3.40. The molecule has 0 aliphatic carbocycles. The first kappa shape index (κ1) is 17.4. The van der Waals surface area contributed by atoms with Gasteiger partial charge in [-0.1, -0.05) is 12.1 Å². The molecule has 8 heteroatoms. The summed E-state index contributed by atoms with van der Waals surface area (Å²) in [6.07, 6.45) is -4.24. The van der Waals surface area contributed by atoms with Gasteiger partial charge >= 0.3 is 6.18 Å². The molecule has 0 saturated carbocycles. The summed E-state index contributed by atoms with van der Waals surface area (Å²) in [6.45, 7) is -0.632. The Morgan fingerprint density at radius 3 is 2.17 bits per heavy atom. The van der Waals surface area contributed by atoms with Gasteiger partial charge < -0.3 is 4.74 Å². The predicted octanol–water partition coefficient (Wildman–Crippen LogP) is 1.79. The zero-order chi connectivity index (χ0) is 17.0. The number of carbonyl (C=O) groups is 2. The minimum atomic E-state index is -4.24. The van der Waals surface area contributed by atoms with Gasteiger partial charge in [0, 0.05) is 6.54 Å². The van der Waals surface area contributed by atoms with Crippen LogP contribution in [0.2, 0.25) is 0 Å². The van der Waals surface area contributed by atoms with Crippen LogP contribution in [0.1, 0.15) is 20.7 Å². The van der Waals surface area contributed by atoms with Crippen LogP contribution in [0.25, 0.3) is 0 Å². The molecule has 0 saturated heterocycles. The summed E-state index contributed by atoms with van der Waals surface area (Å²) in [5.41, 5.74) is 0.727. The second kappa shape index (κ2) is 7.10. The lowest BCUT2D eigenvalue weighted by Crippen LogP contribution is -2.35. The molecule has 126 valence electrons. The quantitative estimate of drug-likeness (QED) is 0.565. The zero-order valence-corrected chi connectivity index (χ0v) is 12.6. The van der Waals surface area contributed by atoms with Gasteiger partial charge in [-0.2, -0.15) is 13.2 Å². The maximum absolute atomic E-state index is 12.1. The van der Waals surface area contributed by atoms with Crippen LogP contribution in [0.15, 0.2) is 24.3 Å². The summed E-state index contributed by atoms with van der Waals surface area (Å²) in [6, 6.07) is 6.53. The predicted molar refractivity (Wildman–Crippen MR) is 76.2 cm³/mol. The molecule has 2 amide bonds. The topological polar surface area (TPSA) is 49.9 Å². The first-order valence-electron chi connectivity index (χ1n) is 7.08. The Morgan fingerprint density at radius 2 is 1.65 bits per heavy atom. The molecule has 0 atom stereocenters. The van der Waals surface area contributed by atoms with Crippen LogP contribution in [0.3, 0.4) is 0 Å². The van der Waals surface area contributed by atoms with Crippen molar-refractivity contribution in [2.45, 2.75) is 6.18 Å². The highest BCUT2D eigenvalue weighted by atomic mass is 19.4. The molecule has 1 aliphatic heterocycles. The number of amides is 2. The van der Waals surface area contributed by atoms with Crippen LogP contribution in [-0.2, 0) is 4.74 Å². The summed E-state index contributed by atoms with van der Waals surface area (Å²) in [7, 11) is 1.35. The van der Waals surface area contributed by atoms with Crippen LogP contribution in [0.5, 0.6) is 0 Å². The Morgan fingerprint density at radius 1 is 1.09 bits per heavy atom. The van der Waals surface area contributed by atoms with Gasteiger partial charge in [-0.25, -0.2) is 0 Å². The number of alkyl halides is 3. The molecular formula is C15H17F3N2O3. The number of ether oxygens (including phenoxy) is 1. The van der Waals surface area contributed by atoms with Crippen molar-refractivity contribution < 1.29 is 27.5 Å². The Labute approximate surface area is 131 Å². The molecular weight excluding hydrogens is 313 g/mol. The van der Waals surface area contributed by atoms with Crippen molar-refractivity contribution in [1.82, 2.24) is 9.80 Å². The molecule has 1 aliphatic rings. The second-order valence-corrected chi connectivity index (χ2v) is 5.27. The summed E-state index contributed by atoms with van der Waals surface area (Å²) in [4.78, 5) is 26.3. The first-order valence-corrected chi connectivity index (χ1v) is 7.08. The van der Waals surface area contributed by atoms with Crippen LogP contribution in [-0.4, -0.2) is 67.7 Å². The molecule has 0 aromatic heterocycles. The van der Waals surface area contributed by atoms with Crippen molar-refractivity contribution in [2.75, 3.05) is 39.9 Å². The van der Waals surface area contributed by atoms with Gasteiger partial charge in [-0.3, -0.25) is 19.4 Å². The number of rotatable bonds is 7. The van der Waals surface area contributed by atoms with E-state index in [9.17, 15) is 22.8 Å². The number of likely N-dealkylation sites (N-methyl/N-ethyl adjacent to an activating group) is 1. The summed E-state index contributed by atoms with van der Waals surface area (Å²) < 4.78 is 41.6. The van der Waals surface area contributed by atoms with Gasteiger partial charge in [-0.05, 0) is 19.2 Å². The van der Waals surface area contributed by atoms with Gasteiger partial charge in [0.25, 0.3) is 11.8 Å². The monoisotopic (exact) mass is 330 g/mol. The zero-order valence-electron chi connectivity index (χ0n) is 12.6. The van der Waals surface area contributed by atoms with E-state index in [0.717, 1.165) is 9.80 Å². The fourth-order valence-electron chi connectivity index (χ4n) is 2.31. The van der Waals surface area contributed by atoms with Gasteiger partial charge in [0.15, 0.2) is 0 Å². The van der Waals surface area contributed by atoms with E-state index < -0.39 is 12.7 Å². The molecule has 0 spiro atoms. The molecule has 1 aromatic rings. The third-order valence-corrected chi connectivity index (χ3v) is 3.40. The Balaban J connectivity index is 1.72. The van der Waals surface area contributed by atoms with Gasteiger partial charge in [0.05, 0.1) is 37.4 Å². The van der Waals surface area contributed by atoms with E-state index >= 15 is 0 Å². The number of fused-ring (bicyclic) bond motifs is 1. The molecule has 0 radical (unpaired) electrons. The minimum absolute atomic E-state index is 0.0787. The fourth-order valence-corrected chi connectivity index (χ4v) is 2.31. The van der Waals surface area contributed by atoms with Crippen molar-refractivity contribution in [3.8, 4) is 0 Å². The van der Waals surface area contributed by atoms with Crippen molar-refractivity contribution in [3.05, 3.63) is 35.4 Å². The minimum Gasteiger partial charge on any atom is -0.378 e. The van der Waals surface area contributed by atoms with Gasteiger partial charge in [0.2, 0.25) is 0 Å². The highest BCUT2D eigenvalue weighted by molar-refractivity contribution is 6.21. The second-order valence-electron chi connectivity index (χ2n) is 5.27. The van der Waals surface area contributed by atoms with Crippen molar-refractivity contribution in [1.29, 1.82) is 0 Å². The fraction of sp³-hybridized carbons (Fsp3) is 0.467. The summed E-state index contributed by atoms with van der Waals surface area (Å²) in [5.74, 6) is -0.744. The molecule has 23 heavy (non-hydrogen) atoms. The molecule has 1 aromatic carbocycles. The van der Waals surface area contributed by atoms with E-state index in [1.807, 2.05) is 0 Å². The van der Waals surface area contributed by atoms with Gasteiger partial charge in [-0.15, -0.1) is 0 Å². The normalized spacial score (nSPS) is 14.7. The number of hydrogen-bond acceptors (Lipinski definition) is 4. The van der Waals surface area contributed by atoms with E-state index in [-0.39, 0.29) is 38.1 Å². The maximum atomic E-state index is 12.1. The average molecular weight is 330 g/mol. The van der Waals surface area contributed by atoms with E-state index in [1.165, 1.54) is 7.05 Å². The highest BCUT2D eigenvalue weighted by Gasteiger charge is 2.34. The number of hydrogen-bond donors (Lipinski definition) is 0. The number of carbonyl (C=O) groups excluding carboxylic acids is 2. The van der Waals surface area contributed by atoms with Crippen LogP contribution >= 0.6 is 0 Å². The molecule has 0 N–H and O–H groups in total. The Kier molecular flexibility index (Phi) is 5.38. The molecule has 0 bridgehead atoms. The average Bonchev–Trinajstić information content (AvgIpc) is 2.70. The third kappa shape index (κ3) is 4.52. The number of imide groups is 1. The number of nitrogens with zero attached hydrogens (tertiary/aromatic N) is 2. The number of benzene rings is 1. The highest BCUT2D eigenvalue weighted by Crippen LogP contribution is 2.21. The van der Waals surface area contributed by atoms with E-state index in [1.54, 1.807) is 24.3 Å². The molecule has 1 heterocycles. The van der Waals surface area contributed by atoms with Crippen LogP contribution < -0.4 is 0 Å². The van der Waals surface area contributed by atoms with Crippen molar-refractivity contribution >= 4 is 11.8 Å². The summed E-state index contributed by atoms with van der Waals surface area (Å²) >= 11 is 0. The Hall–Kier alpha value is -1.93. The van der Waals surface area contributed by atoms with E-state index in [4.69, 9.17) is 4.74 Å². The van der Waals surface area contributed by atoms with Gasteiger partial charge in [0.1, 0.15) is 0 Å². The molecule has 0 unspecified atom stereocenters. The SMILES string of the molecule is CN(CCOCCN1C(=O)c2ccccc2C1=O)CC(F)(F)F. The van der Waals surface area contributed by atoms with Crippen molar-refractivity contribution in [2.24, 2.45) is 0 Å².